The summed E-state index contributed by atoms with van der Waals surface area (Å²) in [7, 11) is 0. The highest BCUT2D eigenvalue weighted by atomic mass is 79.9. The molecule has 94 valence electrons. The zero-order valence-corrected chi connectivity index (χ0v) is 13.1. The van der Waals surface area contributed by atoms with Gasteiger partial charge in [0.2, 0.25) is 0 Å². The van der Waals surface area contributed by atoms with Crippen molar-refractivity contribution in [3.05, 3.63) is 70.2 Å². The molecule has 0 fully saturated rings. The first-order valence-electron chi connectivity index (χ1n) is 5.85. The van der Waals surface area contributed by atoms with Gasteiger partial charge in [0.1, 0.15) is 0 Å². The normalized spacial score (nSPS) is 10.8. The van der Waals surface area contributed by atoms with E-state index in [1.54, 1.807) is 11.8 Å². The van der Waals surface area contributed by atoms with Crippen molar-refractivity contribution >= 4 is 50.1 Å². The summed E-state index contributed by atoms with van der Waals surface area (Å²) in [6.07, 6.45) is 0. The summed E-state index contributed by atoms with van der Waals surface area (Å²) in [4.78, 5) is 2.27. The fourth-order valence-electron chi connectivity index (χ4n) is 1.97. The largest absolute Gasteiger partial charge is 0.0867 e. The van der Waals surface area contributed by atoms with E-state index in [0.29, 0.717) is 0 Å². The maximum absolute atomic E-state index is 6.28. The number of halogens is 2. The molecule has 0 amide bonds. The highest BCUT2D eigenvalue weighted by Gasteiger charge is 2.09. The Bertz CT molecular complexity index is 714. The second-order valence-corrected chi connectivity index (χ2v) is 6.44. The summed E-state index contributed by atoms with van der Waals surface area (Å²) < 4.78 is 1.03. The van der Waals surface area contributed by atoms with E-state index in [-0.39, 0.29) is 0 Å². The predicted molar refractivity (Wildman–Crippen MR) is 87.2 cm³/mol. The molecule has 0 aliphatic carbocycles. The van der Waals surface area contributed by atoms with Crippen LogP contribution in [0.3, 0.4) is 0 Å². The first-order valence-corrected chi connectivity index (χ1v) is 7.84. The monoisotopic (exact) mass is 348 g/mol. The number of benzene rings is 3. The van der Waals surface area contributed by atoms with E-state index in [9.17, 15) is 0 Å². The highest BCUT2D eigenvalue weighted by Crippen LogP contribution is 2.40. The number of hydrogen-bond donors (Lipinski definition) is 0. The fourth-order valence-corrected chi connectivity index (χ4v) is 3.98. The molecule has 0 atom stereocenters. The first kappa shape index (κ1) is 13.0. The minimum atomic E-state index is 0.771. The molecule has 0 N–H and O–H groups in total. The Kier molecular flexibility index (Phi) is 3.83. The molecular formula is C16H10BrClS. The van der Waals surface area contributed by atoms with Gasteiger partial charge < -0.3 is 0 Å². The van der Waals surface area contributed by atoms with Gasteiger partial charge >= 0.3 is 0 Å². The third-order valence-corrected chi connectivity index (χ3v) is 5.45. The molecule has 3 rings (SSSR count). The van der Waals surface area contributed by atoms with Gasteiger partial charge in [-0.1, -0.05) is 65.8 Å². The van der Waals surface area contributed by atoms with Gasteiger partial charge in [0.15, 0.2) is 0 Å². The van der Waals surface area contributed by atoms with Crippen molar-refractivity contribution in [3.63, 3.8) is 0 Å². The van der Waals surface area contributed by atoms with Gasteiger partial charge in [-0.05, 0) is 44.9 Å². The van der Waals surface area contributed by atoms with Gasteiger partial charge in [-0.25, -0.2) is 0 Å². The van der Waals surface area contributed by atoms with Crippen LogP contribution in [0.5, 0.6) is 0 Å². The number of hydrogen-bond acceptors (Lipinski definition) is 1. The predicted octanol–water partition coefficient (Wildman–Crippen LogP) is 6.41. The molecule has 0 nitrogen and oxygen atoms in total. The summed E-state index contributed by atoms with van der Waals surface area (Å²) in [5.41, 5.74) is 0. The zero-order valence-electron chi connectivity index (χ0n) is 9.94. The van der Waals surface area contributed by atoms with Crippen LogP contribution in [-0.4, -0.2) is 0 Å². The molecule has 0 aromatic heterocycles. The maximum Gasteiger partial charge on any atom is 0.0556 e. The summed E-state index contributed by atoms with van der Waals surface area (Å²) in [5, 5.41) is 3.27. The zero-order chi connectivity index (χ0) is 13.2. The highest BCUT2D eigenvalue weighted by molar-refractivity contribution is 9.10. The van der Waals surface area contributed by atoms with Crippen molar-refractivity contribution in [1.29, 1.82) is 0 Å². The molecule has 3 aromatic rings. The van der Waals surface area contributed by atoms with Crippen LogP contribution in [0.4, 0.5) is 0 Å². The fraction of sp³-hybridized carbons (Fsp3) is 0. The van der Waals surface area contributed by atoms with Crippen molar-refractivity contribution in [1.82, 2.24) is 0 Å². The minimum absolute atomic E-state index is 0.771. The van der Waals surface area contributed by atoms with E-state index in [1.165, 1.54) is 15.7 Å². The second-order valence-electron chi connectivity index (χ2n) is 4.13. The lowest BCUT2D eigenvalue weighted by Gasteiger charge is -2.09. The van der Waals surface area contributed by atoms with Crippen LogP contribution < -0.4 is 0 Å². The molecule has 3 heteroatoms. The summed E-state index contributed by atoms with van der Waals surface area (Å²) >= 11 is 11.5. The Morgan fingerprint density at radius 1 is 0.842 bits per heavy atom. The third kappa shape index (κ3) is 2.66. The quantitative estimate of drug-likeness (QED) is 0.515. The number of rotatable bonds is 2. The molecule has 0 aliphatic rings. The second kappa shape index (κ2) is 5.58. The molecule has 3 aromatic carbocycles. The van der Waals surface area contributed by atoms with E-state index >= 15 is 0 Å². The van der Waals surface area contributed by atoms with E-state index < -0.39 is 0 Å². The Morgan fingerprint density at radius 2 is 1.58 bits per heavy atom. The van der Waals surface area contributed by atoms with E-state index in [4.69, 9.17) is 11.6 Å². The van der Waals surface area contributed by atoms with Gasteiger partial charge in [0.05, 0.1) is 5.02 Å². The summed E-state index contributed by atoms with van der Waals surface area (Å²) in [6, 6.07) is 20.6. The molecule has 0 aliphatic heterocycles. The molecule has 0 heterocycles. The van der Waals surface area contributed by atoms with Crippen LogP contribution >= 0.6 is 39.3 Å². The van der Waals surface area contributed by atoms with Crippen molar-refractivity contribution in [3.8, 4) is 0 Å². The van der Waals surface area contributed by atoms with Gasteiger partial charge in [-0.2, -0.15) is 0 Å². The summed E-state index contributed by atoms with van der Waals surface area (Å²) in [5.74, 6) is 0. The smallest absolute Gasteiger partial charge is 0.0556 e. The Hall–Kier alpha value is -0.960. The average Bonchev–Trinajstić information content (AvgIpc) is 2.43. The van der Waals surface area contributed by atoms with Gasteiger partial charge in [-0.3, -0.25) is 0 Å². The Labute approximate surface area is 129 Å². The molecule has 0 unspecified atom stereocenters. The van der Waals surface area contributed by atoms with Crippen molar-refractivity contribution in [2.24, 2.45) is 0 Å². The number of fused-ring (bicyclic) bond motifs is 1. The van der Waals surface area contributed by atoms with E-state index in [0.717, 1.165) is 14.4 Å². The summed E-state index contributed by atoms with van der Waals surface area (Å²) in [6.45, 7) is 0. The van der Waals surface area contributed by atoms with E-state index in [1.807, 2.05) is 18.2 Å². The third-order valence-electron chi connectivity index (χ3n) is 2.88. The van der Waals surface area contributed by atoms with Crippen LogP contribution in [0, 0.1) is 0 Å². The first-order chi connectivity index (χ1) is 9.25. The lowest BCUT2D eigenvalue weighted by Crippen LogP contribution is -1.80. The maximum atomic E-state index is 6.28. The molecule has 19 heavy (non-hydrogen) atoms. The molecule has 0 saturated heterocycles. The van der Waals surface area contributed by atoms with Crippen molar-refractivity contribution < 1.29 is 0 Å². The van der Waals surface area contributed by atoms with Crippen LogP contribution in [0.1, 0.15) is 0 Å². The molecule has 0 saturated carbocycles. The molecule has 0 radical (unpaired) electrons. The van der Waals surface area contributed by atoms with Crippen LogP contribution in [0.2, 0.25) is 5.02 Å². The van der Waals surface area contributed by atoms with Crippen LogP contribution in [0.15, 0.2) is 74.9 Å². The van der Waals surface area contributed by atoms with Crippen LogP contribution in [-0.2, 0) is 0 Å². The van der Waals surface area contributed by atoms with Crippen LogP contribution in [0.25, 0.3) is 10.8 Å². The average molecular weight is 350 g/mol. The van der Waals surface area contributed by atoms with Crippen molar-refractivity contribution in [2.75, 3.05) is 0 Å². The molecular weight excluding hydrogens is 340 g/mol. The molecule has 0 spiro atoms. The topological polar surface area (TPSA) is 0 Å². The lowest BCUT2D eigenvalue weighted by atomic mass is 10.1. The van der Waals surface area contributed by atoms with Gasteiger partial charge in [-0.15, -0.1) is 0 Å². The SMILES string of the molecule is Clc1cccc(Br)c1Sc1cccc2ccccc12. The standard InChI is InChI=1S/C16H10BrClS/c17-13-8-4-9-14(18)16(13)19-15-10-3-6-11-5-1-2-7-12(11)15/h1-10H. The van der Waals surface area contributed by atoms with Gasteiger partial charge in [0.25, 0.3) is 0 Å². The van der Waals surface area contributed by atoms with E-state index in [2.05, 4.69) is 58.4 Å². The minimum Gasteiger partial charge on any atom is -0.0867 e. The Balaban J connectivity index is 2.11. The lowest BCUT2D eigenvalue weighted by molar-refractivity contribution is 1.39. The Morgan fingerprint density at radius 3 is 2.42 bits per heavy atom. The van der Waals surface area contributed by atoms with Gasteiger partial charge in [0, 0.05) is 14.3 Å². The van der Waals surface area contributed by atoms with Crippen molar-refractivity contribution in [2.45, 2.75) is 9.79 Å². The molecule has 0 bridgehead atoms.